The smallest absolute Gasteiger partial charge is 0.403 e. The first-order valence-electron chi connectivity index (χ1n) is 12.1. The van der Waals surface area contributed by atoms with E-state index in [4.69, 9.17) is 0 Å². The second-order valence-electron chi connectivity index (χ2n) is 9.08. The lowest BCUT2D eigenvalue weighted by Crippen LogP contribution is -2.18. The standard InChI is InChI=1S/C30H26F6O/c1-2-3-19-4-9-22(26(31)17-19)10-5-20-7-14-25-24(16-20)13-12-23(29(25)33)11-6-21-8-15-28(27(32)18-21)37-30(34,35)36/h4,7-9,12-18H,2-3,5-6,10-11H2,1H3. The molecule has 1 nitrogen and oxygen atoms in total. The predicted octanol–water partition coefficient (Wildman–Crippen LogP) is 8.68. The Hall–Kier alpha value is -3.48. The zero-order valence-electron chi connectivity index (χ0n) is 20.3. The van der Waals surface area contributed by atoms with Crippen LogP contribution in [0.2, 0.25) is 0 Å². The summed E-state index contributed by atoms with van der Waals surface area (Å²) < 4.78 is 84.1. The van der Waals surface area contributed by atoms with Gasteiger partial charge in [0.05, 0.1) is 0 Å². The average Bonchev–Trinajstić information content (AvgIpc) is 2.84. The van der Waals surface area contributed by atoms with Crippen molar-refractivity contribution in [1.82, 2.24) is 0 Å². The minimum absolute atomic E-state index is 0.204. The highest BCUT2D eigenvalue weighted by Gasteiger charge is 2.32. The number of alkyl halides is 3. The molecule has 0 aliphatic carbocycles. The second kappa shape index (κ2) is 11.3. The van der Waals surface area contributed by atoms with Crippen LogP contribution >= 0.6 is 0 Å². The van der Waals surface area contributed by atoms with Crippen molar-refractivity contribution >= 4 is 10.8 Å². The van der Waals surface area contributed by atoms with Gasteiger partial charge in [-0.05, 0) is 83.5 Å². The van der Waals surface area contributed by atoms with Crippen molar-refractivity contribution in [2.24, 2.45) is 0 Å². The van der Waals surface area contributed by atoms with Gasteiger partial charge in [-0.3, -0.25) is 0 Å². The van der Waals surface area contributed by atoms with Crippen LogP contribution in [-0.4, -0.2) is 6.36 Å². The lowest BCUT2D eigenvalue weighted by atomic mass is 9.97. The Morgan fingerprint density at radius 2 is 1.22 bits per heavy atom. The van der Waals surface area contributed by atoms with Crippen molar-refractivity contribution in [1.29, 1.82) is 0 Å². The molecular formula is C30H26F6O. The Bertz CT molecular complexity index is 1390. The first kappa shape index (κ1) is 26.6. The van der Waals surface area contributed by atoms with E-state index in [1.807, 2.05) is 24.3 Å². The molecule has 37 heavy (non-hydrogen) atoms. The van der Waals surface area contributed by atoms with Crippen LogP contribution in [0.5, 0.6) is 5.75 Å². The highest BCUT2D eigenvalue weighted by Crippen LogP contribution is 2.28. The molecule has 0 spiro atoms. The van der Waals surface area contributed by atoms with Gasteiger partial charge < -0.3 is 4.74 Å². The fourth-order valence-electron chi connectivity index (χ4n) is 4.44. The van der Waals surface area contributed by atoms with Crippen molar-refractivity contribution < 1.29 is 31.1 Å². The lowest BCUT2D eigenvalue weighted by molar-refractivity contribution is -0.275. The Morgan fingerprint density at radius 3 is 1.89 bits per heavy atom. The van der Waals surface area contributed by atoms with Crippen molar-refractivity contribution in [2.45, 2.75) is 51.8 Å². The topological polar surface area (TPSA) is 9.23 Å². The SMILES string of the molecule is CCCc1ccc(CCc2ccc3c(F)c(CCc4ccc(OC(F)(F)F)c(F)c4)ccc3c2)c(F)c1. The molecule has 0 aromatic heterocycles. The molecule has 0 fully saturated rings. The summed E-state index contributed by atoms with van der Waals surface area (Å²) in [5.41, 5.74) is 3.45. The first-order valence-corrected chi connectivity index (χ1v) is 12.1. The van der Waals surface area contributed by atoms with Crippen molar-refractivity contribution in [3.05, 3.63) is 112 Å². The predicted molar refractivity (Wildman–Crippen MR) is 132 cm³/mol. The maximum Gasteiger partial charge on any atom is 0.573 e. The molecule has 4 aromatic carbocycles. The van der Waals surface area contributed by atoms with E-state index in [0.717, 1.165) is 41.5 Å². The third kappa shape index (κ3) is 6.85. The normalized spacial score (nSPS) is 11.8. The first-order chi connectivity index (χ1) is 17.6. The van der Waals surface area contributed by atoms with Crippen LogP contribution in [0.1, 0.15) is 41.2 Å². The Morgan fingerprint density at radius 1 is 0.622 bits per heavy atom. The van der Waals surface area contributed by atoms with E-state index in [2.05, 4.69) is 11.7 Å². The van der Waals surface area contributed by atoms with E-state index < -0.39 is 17.9 Å². The summed E-state index contributed by atoms with van der Waals surface area (Å²) in [7, 11) is 0. The third-order valence-electron chi connectivity index (χ3n) is 6.34. The largest absolute Gasteiger partial charge is 0.573 e. The molecule has 0 saturated heterocycles. The van der Waals surface area contributed by atoms with Gasteiger partial charge in [0.15, 0.2) is 11.6 Å². The molecule has 0 bridgehead atoms. The minimum Gasteiger partial charge on any atom is -0.403 e. The summed E-state index contributed by atoms with van der Waals surface area (Å²) in [6, 6.07) is 17.5. The molecule has 0 radical (unpaired) electrons. The summed E-state index contributed by atoms with van der Waals surface area (Å²) in [5.74, 6) is -2.62. The van der Waals surface area contributed by atoms with Gasteiger partial charge in [-0.25, -0.2) is 13.2 Å². The van der Waals surface area contributed by atoms with Gasteiger partial charge in [-0.15, -0.1) is 13.2 Å². The van der Waals surface area contributed by atoms with E-state index >= 15 is 4.39 Å². The van der Waals surface area contributed by atoms with Crippen LogP contribution in [0.25, 0.3) is 10.8 Å². The highest BCUT2D eigenvalue weighted by atomic mass is 19.4. The molecule has 7 heteroatoms. The zero-order valence-corrected chi connectivity index (χ0v) is 20.3. The van der Waals surface area contributed by atoms with Crippen LogP contribution in [0.3, 0.4) is 0 Å². The monoisotopic (exact) mass is 516 g/mol. The molecule has 4 aromatic rings. The number of hydrogen-bond acceptors (Lipinski definition) is 1. The second-order valence-corrected chi connectivity index (χ2v) is 9.08. The van der Waals surface area contributed by atoms with Crippen LogP contribution in [0.4, 0.5) is 26.3 Å². The highest BCUT2D eigenvalue weighted by molar-refractivity contribution is 5.84. The molecule has 194 valence electrons. The number of aryl methyl sites for hydroxylation is 5. The lowest BCUT2D eigenvalue weighted by Gasteiger charge is -2.11. The van der Waals surface area contributed by atoms with E-state index in [1.165, 1.54) is 6.07 Å². The van der Waals surface area contributed by atoms with E-state index in [1.54, 1.807) is 24.3 Å². The van der Waals surface area contributed by atoms with Crippen LogP contribution in [-0.2, 0) is 32.1 Å². The van der Waals surface area contributed by atoms with E-state index in [0.29, 0.717) is 34.9 Å². The summed E-state index contributed by atoms with van der Waals surface area (Å²) in [5, 5.41) is 1.16. The molecule has 0 amide bonds. The number of halogens is 6. The van der Waals surface area contributed by atoms with E-state index in [9.17, 15) is 22.0 Å². The summed E-state index contributed by atoms with van der Waals surface area (Å²) in [4.78, 5) is 0. The molecule has 0 unspecified atom stereocenters. The molecule has 0 saturated carbocycles. The Balaban J connectivity index is 1.42. The molecule has 0 aliphatic rings. The number of hydrogen-bond donors (Lipinski definition) is 0. The maximum absolute atomic E-state index is 15.2. The van der Waals surface area contributed by atoms with Crippen molar-refractivity contribution in [3.63, 3.8) is 0 Å². The van der Waals surface area contributed by atoms with Crippen LogP contribution in [0, 0.1) is 17.5 Å². The van der Waals surface area contributed by atoms with Crippen molar-refractivity contribution in [3.8, 4) is 5.75 Å². The molecule has 0 aliphatic heterocycles. The van der Waals surface area contributed by atoms with Gasteiger partial charge in [-0.2, -0.15) is 0 Å². The van der Waals surface area contributed by atoms with Crippen LogP contribution in [0.15, 0.2) is 66.7 Å². The molecular weight excluding hydrogens is 490 g/mol. The molecule has 0 heterocycles. The quantitative estimate of drug-likeness (QED) is 0.202. The Kier molecular flexibility index (Phi) is 8.10. The van der Waals surface area contributed by atoms with Gasteiger partial charge in [0.25, 0.3) is 0 Å². The molecule has 4 rings (SSSR count). The van der Waals surface area contributed by atoms with E-state index in [-0.39, 0.29) is 24.5 Å². The van der Waals surface area contributed by atoms with Gasteiger partial charge in [0, 0.05) is 5.39 Å². The van der Waals surface area contributed by atoms with Gasteiger partial charge >= 0.3 is 6.36 Å². The summed E-state index contributed by atoms with van der Waals surface area (Å²) >= 11 is 0. The van der Waals surface area contributed by atoms with Gasteiger partial charge in [-0.1, -0.05) is 61.9 Å². The summed E-state index contributed by atoms with van der Waals surface area (Å²) in [6.45, 7) is 2.05. The number of benzene rings is 4. The molecule has 0 N–H and O–H groups in total. The van der Waals surface area contributed by atoms with Crippen molar-refractivity contribution in [2.75, 3.05) is 0 Å². The third-order valence-corrected chi connectivity index (χ3v) is 6.34. The minimum atomic E-state index is -4.98. The maximum atomic E-state index is 15.2. The number of fused-ring (bicyclic) bond motifs is 1. The summed E-state index contributed by atoms with van der Waals surface area (Å²) in [6.07, 6.45) is -1.54. The fourth-order valence-corrected chi connectivity index (χ4v) is 4.44. The fraction of sp³-hybridized carbons (Fsp3) is 0.267. The number of rotatable bonds is 9. The average molecular weight is 517 g/mol. The Labute approximate surface area is 211 Å². The zero-order chi connectivity index (χ0) is 26.6. The van der Waals surface area contributed by atoms with Gasteiger partial charge in [0.1, 0.15) is 11.6 Å². The van der Waals surface area contributed by atoms with Gasteiger partial charge in [0.2, 0.25) is 0 Å². The number of ether oxygens (including phenoxy) is 1. The van der Waals surface area contributed by atoms with Crippen LogP contribution < -0.4 is 4.74 Å². The molecule has 0 atom stereocenters.